The lowest BCUT2D eigenvalue weighted by Crippen LogP contribution is -2.22. The van der Waals surface area contributed by atoms with Gasteiger partial charge >= 0.3 is 0 Å². The molecular weight excluding hydrogens is 134 g/mol. The van der Waals surface area contributed by atoms with Crippen molar-refractivity contribution in [3.05, 3.63) is 12.2 Å². The molecule has 0 aromatic rings. The average molecular weight is 147 g/mol. The minimum atomic E-state index is 0.0133. The van der Waals surface area contributed by atoms with Crippen LogP contribution in [0, 0.1) is 28.6 Å². The van der Waals surface area contributed by atoms with Gasteiger partial charge in [0.15, 0.2) is 0 Å². The van der Waals surface area contributed by atoms with Gasteiger partial charge in [-0.3, -0.25) is 0 Å². The van der Waals surface area contributed by atoms with Crippen LogP contribution in [0.3, 0.4) is 0 Å². The van der Waals surface area contributed by atoms with E-state index in [1.165, 1.54) is 6.42 Å². The van der Waals surface area contributed by atoms with Crippen LogP contribution in [0.5, 0.6) is 0 Å². The fourth-order valence-corrected chi connectivity index (χ4v) is 2.57. The molecule has 2 rings (SSSR count). The lowest BCUT2D eigenvalue weighted by molar-refractivity contribution is 0.315. The number of nitriles is 1. The fraction of sp³-hybridized carbons (Fsp3) is 0.700. The third-order valence-electron chi connectivity index (χ3n) is 3.36. The SMILES string of the molecule is CCC1(C#N)CC2C=CC1C2. The number of rotatable bonds is 1. The molecule has 3 atom stereocenters. The van der Waals surface area contributed by atoms with Gasteiger partial charge in [-0.25, -0.2) is 0 Å². The Morgan fingerprint density at radius 1 is 1.64 bits per heavy atom. The smallest absolute Gasteiger partial charge is 0.0696 e. The van der Waals surface area contributed by atoms with E-state index in [1.54, 1.807) is 0 Å². The van der Waals surface area contributed by atoms with Gasteiger partial charge in [-0.2, -0.15) is 5.26 Å². The normalized spacial score (nSPS) is 46.2. The minimum Gasteiger partial charge on any atom is -0.198 e. The molecule has 0 N–H and O–H groups in total. The molecule has 1 fully saturated rings. The van der Waals surface area contributed by atoms with Crippen molar-refractivity contribution in [2.75, 3.05) is 0 Å². The quantitative estimate of drug-likeness (QED) is 0.523. The van der Waals surface area contributed by atoms with Crippen molar-refractivity contribution >= 4 is 0 Å². The second-order valence-electron chi connectivity index (χ2n) is 3.81. The van der Waals surface area contributed by atoms with Crippen LogP contribution in [0.25, 0.3) is 0 Å². The molecule has 2 aliphatic rings. The third kappa shape index (κ3) is 0.758. The zero-order valence-corrected chi connectivity index (χ0v) is 6.88. The molecule has 58 valence electrons. The molecule has 1 saturated carbocycles. The molecule has 0 aromatic carbocycles. The van der Waals surface area contributed by atoms with E-state index < -0.39 is 0 Å². The van der Waals surface area contributed by atoms with Crippen LogP contribution in [0.1, 0.15) is 26.2 Å². The van der Waals surface area contributed by atoms with Crippen molar-refractivity contribution in [1.82, 2.24) is 0 Å². The van der Waals surface area contributed by atoms with Crippen LogP contribution in [0.2, 0.25) is 0 Å². The average Bonchev–Trinajstić information content (AvgIpc) is 2.62. The highest BCUT2D eigenvalue weighted by Crippen LogP contribution is 2.53. The second-order valence-corrected chi connectivity index (χ2v) is 3.81. The first-order valence-electron chi connectivity index (χ1n) is 4.40. The van der Waals surface area contributed by atoms with Gasteiger partial charge < -0.3 is 0 Å². The molecule has 0 heterocycles. The largest absolute Gasteiger partial charge is 0.198 e. The van der Waals surface area contributed by atoms with Crippen LogP contribution in [-0.4, -0.2) is 0 Å². The maximum atomic E-state index is 9.05. The van der Waals surface area contributed by atoms with E-state index in [9.17, 15) is 0 Å². The predicted octanol–water partition coefficient (Wildman–Crippen LogP) is 2.50. The van der Waals surface area contributed by atoms with Gasteiger partial charge in [-0.05, 0) is 31.1 Å². The van der Waals surface area contributed by atoms with E-state index in [-0.39, 0.29) is 5.41 Å². The molecule has 0 amide bonds. The zero-order chi connectivity index (χ0) is 7.90. The minimum absolute atomic E-state index is 0.0133. The van der Waals surface area contributed by atoms with Gasteiger partial charge in [0, 0.05) is 0 Å². The molecule has 3 unspecified atom stereocenters. The summed E-state index contributed by atoms with van der Waals surface area (Å²) in [5.74, 6) is 1.29. The highest BCUT2D eigenvalue weighted by Gasteiger charge is 2.47. The van der Waals surface area contributed by atoms with Gasteiger partial charge in [0.1, 0.15) is 0 Å². The summed E-state index contributed by atoms with van der Waals surface area (Å²) >= 11 is 0. The lowest BCUT2D eigenvalue weighted by Gasteiger charge is -2.26. The Morgan fingerprint density at radius 2 is 2.45 bits per heavy atom. The third-order valence-corrected chi connectivity index (χ3v) is 3.36. The van der Waals surface area contributed by atoms with Gasteiger partial charge in [0.2, 0.25) is 0 Å². The first-order chi connectivity index (χ1) is 5.30. The van der Waals surface area contributed by atoms with Crippen molar-refractivity contribution < 1.29 is 0 Å². The van der Waals surface area contributed by atoms with Crippen molar-refractivity contribution in [3.63, 3.8) is 0 Å². The summed E-state index contributed by atoms with van der Waals surface area (Å²) in [6, 6.07) is 2.51. The molecule has 11 heavy (non-hydrogen) atoms. The molecule has 2 bridgehead atoms. The Labute approximate surface area is 67.7 Å². The van der Waals surface area contributed by atoms with E-state index in [4.69, 9.17) is 5.26 Å². The summed E-state index contributed by atoms with van der Waals surface area (Å²) < 4.78 is 0. The second kappa shape index (κ2) is 2.11. The maximum Gasteiger partial charge on any atom is 0.0696 e. The van der Waals surface area contributed by atoms with Gasteiger partial charge in [-0.1, -0.05) is 19.1 Å². The number of nitrogens with zero attached hydrogens (tertiary/aromatic N) is 1. The highest BCUT2D eigenvalue weighted by molar-refractivity contribution is 5.21. The highest BCUT2D eigenvalue weighted by atomic mass is 14.5. The summed E-state index contributed by atoms with van der Waals surface area (Å²) in [6.45, 7) is 2.14. The van der Waals surface area contributed by atoms with Gasteiger partial charge in [0.25, 0.3) is 0 Å². The Kier molecular flexibility index (Phi) is 1.32. The number of hydrogen-bond donors (Lipinski definition) is 0. The molecule has 0 aliphatic heterocycles. The van der Waals surface area contributed by atoms with E-state index in [0.717, 1.165) is 18.8 Å². The summed E-state index contributed by atoms with van der Waals surface area (Å²) in [7, 11) is 0. The Bertz CT molecular complexity index is 236. The molecule has 1 heteroatoms. The Hall–Kier alpha value is -0.770. The molecule has 0 saturated heterocycles. The molecule has 0 spiro atoms. The summed E-state index contributed by atoms with van der Waals surface area (Å²) in [4.78, 5) is 0. The van der Waals surface area contributed by atoms with Crippen molar-refractivity contribution in [2.45, 2.75) is 26.2 Å². The molecule has 0 radical (unpaired) electrons. The number of allylic oxidation sites excluding steroid dienone is 2. The van der Waals surface area contributed by atoms with Crippen LogP contribution < -0.4 is 0 Å². The van der Waals surface area contributed by atoms with E-state index in [2.05, 4.69) is 25.1 Å². The summed E-state index contributed by atoms with van der Waals surface area (Å²) in [5.41, 5.74) is 0.0133. The van der Waals surface area contributed by atoms with Crippen LogP contribution in [0.15, 0.2) is 12.2 Å². The predicted molar refractivity (Wildman–Crippen MR) is 43.7 cm³/mol. The van der Waals surface area contributed by atoms with Crippen molar-refractivity contribution in [2.24, 2.45) is 17.3 Å². The Balaban J connectivity index is 2.30. The molecule has 0 aromatic heterocycles. The summed E-state index contributed by atoms with van der Waals surface area (Å²) in [6.07, 6.45) is 7.91. The molecule has 1 nitrogen and oxygen atoms in total. The van der Waals surface area contributed by atoms with E-state index in [1.807, 2.05) is 0 Å². The fourth-order valence-electron chi connectivity index (χ4n) is 2.57. The molecular formula is C10H13N. The summed E-state index contributed by atoms with van der Waals surface area (Å²) in [5, 5.41) is 9.05. The van der Waals surface area contributed by atoms with Gasteiger partial charge in [-0.15, -0.1) is 0 Å². The first kappa shape index (κ1) is 6.91. The zero-order valence-electron chi connectivity index (χ0n) is 6.88. The van der Waals surface area contributed by atoms with Crippen molar-refractivity contribution in [1.29, 1.82) is 5.26 Å². The van der Waals surface area contributed by atoms with E-state index >= 15 is 0 Å². The van der Waals surface area contributed by atoms with E-state index in [0.29, 0.717) is 5.92 Å². The lowest BCUT2D eigenvalue weighted by atomic mass is 9.75. The molecule has 2 aliphatic carbocycles. The van der Waals surface area contributed by atoms with Gasteiger partial charge in [0.05, 0.1) is 11.5 Å². The maximum absolute atomic E-state index is 9.05. The topological polar surface area (TPSA) is 23.8 Å². The monoisotopic (exact) mass is 147 g/mol. The van der Waals surface area contributed by atoms with Crippen LogP contribution in [-0.2, 0) is 0 Å². The number of fused-ring (bicyclic) bond motifs is 2. The first-order valence-corrected chi connectivity index (χ1v) is 4.40. The standard InChI is InChI=1S/C10H13N/c1-2-10(7-11)6-8-3-4-9(10)5-8/h3-4,8-9H,2,5-6H2,1H3. The number of hydrogen-bond acceptors (Lipinski definition) is 1. The van der Waals surface area contributed by atoms with Crippen LogP contribution in [0.4, 0.5) is 0 Å². The van der Waals surface area contributed by atoms with Crippen LogP contribution >= 0.6 is 0 Å². The Morgan fingerprint density at radius 3 is 2.73 bits per heavy atom. The van der Waals surface area contributed by atoms with Crippen molar-refractivity contribution in [3.8, 4) is 6.07 Å².